The molecule has 0 N–H and O–H groups in total. The van der Waals surface area contributed by atoms with E-state index in [1.807, 2.05) is 0 Å². The summed E-state index contributed by atoms with van der Waals surface area (Å²) in [5.74, 6) is 0. The number of allylic oxidation sites excluding steroid dienone is 4. The predicted molar refractivity (Wildman–Crippen MR) is 193 cm³/mol. The van der Waals surface area contributed by atoms with Crippen LogP contribution in [0.1, 0.15) is 37.8 Å². The minimum absolute atomic E-state index is 0.0262. The molecule has 0 saturated heterocycles. The van der Waals surface area contributed by atoms with E-state index in [-0.39, 0.29) is 5.41 Å². The van der Waals surface area contributed by atoms with Crippen molar-refractivity contribution in [1.29, 1.82) is 0 Å². The molecule has 0 aliphatic heterocycles. The lowest BCUT2D eigenvalue weighted by Gasteiger charge is -2.26. The van der Waals surface area contributed by atoms with Gasteiger partial charge in [-0.3, -0.25) is 0 Å². The Hall–Kier alpha value is -5.20. The first-order valence-corrected chi connectivity index (χ1v) is 16.3. The van der Waals surface area contributed by atoms with Gasteiger partial charge >= 0.3 is 0 Å². The molecule has 0 amide bonds. The normalized spacial score (nSPS) is 15.6. The van der Waals surface area contributed by atoms with E-state index < -0.39 is 0 Å². The highest BCUT2D eigenvalue weighted by molar-refractivity contribution is 6.27. The van der Waals surface area contributed by atoms with E-state index in [9.17, 15) is 0 Å². The molecule has 0 bridgehead atoms. The van der Waals surface area contributed by atoms with Crippen LogP contribution in [0.25, 0.3) is 82.4 Å². The van der Waals surface area contributed by atoms with Crippen molar-refractivity contribution in [3.8, 4) is 44.5 Å². The molecule has 0 heteroatoms. The fourth-order valence-corrected chi connectivity index (χ4v) is 8.86. The average molecular weight is 573 g/mol. The molecule has 0 spiro atoms. The van der Waals surface area contributed by atoms with Gasteiger partial charge in [0.25, 0.3) is 0 Å². The van der Waals surface area contributed by atoms with Crippen molar-refractivity contribution in [2.45, 2.75) is 32.1 Å². The van der Waals surface area contributed by atoms with Crippen LogP contribution in [0.15, 0.2) is 139 Å². The van der Waals surface area contributed by atoms with Crippen molar-refractivity contribution in [2.24, 2.45) is 0 Å². The summed E-state index contributed by atoms with van der Waals surface area (Å²) in [5.41, 5.74) is 16.7. The van der Waals surface area contributed by atoms with Crippen LogP contribution < -0.4 is 0 Å². The van der Waals surface area contributed by atoms with E-state index in [0.29, 0.717) is 0 Å². The molecule has 0 saturated carbocycles. The molecule has 212 valence electrons. The van der Waals surface area contributed by atoms with Gasteiger partial charge in [-0.25, -0.2) is 0 Å². The van der Waals surface area contributed by atoms with E-state index in [1.54, 1.807) is 5.57 Å². The number of rotatable bonds is 2. The molecule has 0 radical (unpaired) electrons. The largest absolute Gasteiger partial charge is 0.0836 e. The predicted octanol–water partition coefficient (Wildman–Crippen LogP) is 12.5. The minimum atomic E-state index is 0.0262. The first-order valence-electron chi connectivity index (χ1n) is 16.3. The van der Waals surface area contributed by atoms with Crippen molar-refractivity contribution in [3.05, 3.63) is 150 Å². The van der Waals surface area contributed by atoms with E-state index >= 15 is 0 Å². The fourth-order valence-electron chi connectivity index (χ4n) is 8.86. The van der Waals surface area contributed by atoms with Crippen molar-refractivity contribution in [3.63, 3.8) is 0 Å². The van der Waals surface area contributed by atoms with Gasteiger partial charge < -0.3 is 0 Å². The van der Waals surface area contributed by atoms with Crippen molar-refractivity contribution < 1.29 is 0 Å². The van der Waals surface area contributed by atoms with Crippen LogP contribution in [-0.4, -0.2) is 0 Å². The Morgan fingerprint density at radius 3 is 1.87 bits per heavy atom. The highest BCUT2D eigenvalue weighted by atomic mass is 14.4. The molecule has 7 aromatic carbocycles. The van der Waals surface area contributed by atoms with Crippen LogP contribution >= 0.6 is 0 Å². The zero-order chi connectivity index (χ0) is 29.9. The van der Waals surface area contributed by atoms with Gasteiger partial charge in [0.05, 0.1) is 0 Å². The van der Waals surface area contributed by atoms with Crippen LogP contribution in [0, 0.1) is 0 Å². The molecule has 0 nitrogen and oxygen atoms in total. The van der Waals surface area contributed by atoms with Gasteiger partial charge in [-0.05, 0) is 118 Å². The highest BCUT2D eigenvalue weighted by Crippen LogP contribution is 2.58. The maximum Gasteiger partial charge on any atom is 0.0121 e. The Balaban J connectivity index is 1.34. The summed E-state index contributed by atoms with van der Waals surface area (Å²) in [5, 5.41) is 7.86. The summed E-state index contributed by atoms with van der Waals surface area (Å²) in [6.07, 6.45) is 7.01. The van der Waals surface area contributed by atoms with Gasteiger partial charge in [-0.2, -0.15) is 0 Å². The standard InChI is InChI=1S/C45H32/c1-45(2)38-20-8-7-15-32(38)33-24-23-31(26-39(33)45)42-35-17-6-5-16-34(35)41(30-22-21-27-11-3-4-12-29(27)25-30)43-36-18-9-13-28-14-10-19-37(40(28)36)44(42)43/h3-7,9-19,21-26H,8,20H2,1-2H3. The van der Waals surface area contributed by atoms with Gasteiger partial charge in [-0.15, -0.1) is 0 Å². The fraction of sp³-hybridized carbons (Fsp3) is 0.111. The number of hydrogen-bond donors (Lipinski definition) is 0. The molecule has 0 fully saturated rings. The Morgan fingerprint density at radius 1 is 0.511 bits per heavy atom. The third-order valence-corrected chi connectivity index (χ3v) is 10.9. The summed E-state index contributed by atoms with van der Waals surface area (Å²) in [4.78, 5) is 0. The Labute approximate surface area is 264 Å². The smallest absolute Gasteiger partial charge is 0.0121 e. The van der Waals surface area contributed by atoms with Gasteiger partial charge in [0.1, 0.15) is 0 Å². The Kier molecular flexibility index (Phi) is 4.99. The maximum atomic E-state index is 2.53. The minimum Gasteiger partial charge on any atom is -0.0836 e. The summed E-state index contributed by atoms with van der Waals surface area (Å²) in [6, 6.07) is 45.9. The highest BCUT2D eigenvalue weighted by Gasteiger charge is 2.38. The van der Waals surface area contributed by atoms with E-state index in [0.717, 1.165) is 12.8 Å². The van der Waals surface area contributed by atoms with Crippen molar-refractivity contribution in [1.82, 2.24) is 0 Å². The zero-order valence-electron chi connectivity index (χ0n) is 25.6. The zero-order valence-corrected chi connectivity index (χ0v) is 25.6. The second-order valence-electron chi connectivity index (χ2n) is 13.5. The summed E-state index contributed by atoms with van der Waals surface area (Å²) in [6.45, 7) is 4.86. The lowest BCUT2D eigenvalue weighted by Crippen LogP contribution is -2.17. The van der Waals surface area contributed by atoms with Gasteiger partial charge in [0.15, 0.2) is 0 Å². The molecule has 3 aliphatic rings. The SMILES string of the molecule is CC1(C)C2=C(C=CCC2)c2ccc(-c3c4c(c(-c5ccc6ccccc6c5)c5ccccc35)-c3cccc5cccc-4c35)cc21. The second kappa shape index (κ2) is 8.93. The summed E-state index contributed by atoms with van der Waals surface area (Å²) in [7, 11) is 0. The lowest BCUT2D eigenvalue weighted by molar-refractivity contribution is 0.607. The van der Waals surface area contributed by atoms with Crippen LogP contribution in [0.5, 0.6) is 0 Å². The molecule has 3 aliphatic carbocycles. The molecule has 0 unspecified atom stereocenters. The van der Waals surface area contributed by atoms with E-state index in [1.165, 1.54) is 93.5 Å². The number of hydrogen-bond acceptors (Lipinski definition) is 0. The molecular formula is C45H32. The van der Waals surface area contributed by atoms with Crippen LogP contribution in [0.4, 0.5) is 0 Å². The second-order valence-corrected chi connectivity index (χ2v) is 13.5. The third-order valence-electron chi connectivity index (χ3n) is 10.9. The van der Waals surface area contributed by atoms with E-state index in [4.69, 9.17) is 0 Å². The quantitative estimate of drug-likeness (QED) is 0.193. The monoisotopic (exact) mass is 572 g/mol. The van der Waals surface area contributed by atoms with Crippen molar-refractivity contribution in [2.75, 3.05) is 0 Å². The van der Waals surface area contributed by atoms with Gasteiger partial charge in [-0.1, -0.05) is 141 Å². The van der Waals surface area contributed by atoms with Crippen LogP contribution in [0.3, 0.4) is 0 Å². The molecule has 0 heterocycles. The van der Waals surface area contributed by atoms with Gasteiger partial charge in [0.2, 0.25) is 0 Å². The Bertz CT molecular complexity index is 2490. The molecule has 0 aromatic heterocycles. The molecule has 7 aromatic rings. The summed E-state index contributed by atoms with van der Waals surface area (Å²) >= 11 is 0. The molecule has 10 rings (SSSR count). The molecule has 45 heavy (non-hydrogen) atoms. The average Bonchev–Trinajstić information content (AvgIpc) is 3.53. The molecular weight excluding hydrogens is 540 g/mol. The van der Waals surface area contributed by atoms with E-state index in [2.05, 4.69) is 147 Å². The summed E-state index contributed by atoms with van der Waals surface area (Å²) < 4.78 is 0. The number of benzene rings is 7. The van der Waals surface area contributed by atoms with Crippen molar-refractivity contribution >= 4 is 37.9 Å². The number of fused-ring (bicyclic) bond motifs is 7. The first kappa shape index (κ1) is 25.2. The maximum absolute atomic E-state index is 2.53. The third kappa shape index (κ3) is 3.32. The van der Waals surface area contributed by atoms with Crippen LogP contribution in [-0.2, 0) is 5.41 Å². The topological polar surface area (TPSA) is 0 Å². The lowest BCUT2D eigenvalue weighted by atomic mass is 9.77. The van der Waals surface area contributed by atoms with Gasteiger partial charge in [0, 0.05) is 5.41 Å². The molecule has 0 atom stereocenters. The first-order chi connectivity index (χ1) is 22.1. The van der Waals surface area contributed by atoms with Crippen LogP contribution in [0.2, 0.25) is 0 Å². The Morgan fingerprint density at radius 2 is 1.13 bits per heavy atom.